The molecule has 0 bridgehead atoms. The van der Waals surface area contributed by atoms with E-state index in [1.165, 1.54) is 0 Å². The number of phosphoric ester groups is 1. The summed E-state index contributed by atoms with van der Waals surface area (Å²) >= 11 is 0. The second-order valence-electron chi connectivity index (χ2n) is 5.88. The largest absolute Gasteiger partial charge is 0.473 e. The number of ketones is 1. The van der Waals surface area contributed by atoms with Crippen molar-refractivity contribution >= 4 is 13.6 Å². The molecule has 9 heteroatoms. The Hall–Kier alpha value is -0.340. The Morgan fingerprint density at radius 2 is 1.90 bits per heavy atom. The van der Waals surface area contributed by atoms with E-state index in [1.807, 2.05) is 28.1 Å². The number of phosphoric acid groups is 1. The minimum Gasteiger partial charge on any atom is -0.394 e. The number of carbonyl (C=O) groups is 1. The highest BCUT2D eigenvalue weighted by Crippen LogP contribution is 2.45. The molecule has 0 radical (unpaired) electrons. The van der Waals surface area contributed by atoms with Gasteiger partial charge in [0, 0.05) is 6.42 Å². The van der Waals surface area contributed by atoms with Crippen LogP contribution in [0.1, 0.15) is 19.8 Å². The molecule has 3 atom stereocenters. The van der Waals surface area contributed by atoms with Crippen molar-refractivity contribution in [3.05, 3.63) is 0 Å². The number of aliphatic hydroxyl groups is 2. The molecule has 0 fully saturated rings. The smallest absolute Gasteiger partial charge is 0.394 e. The minimum atomic E-state index is -4.48. The molecule has 0 aliphatic carbocycles. The van der Waals surface area contributed by atoms with Crippen LogP contribution < -0.4 is 0 Å². The zero-order chi connectivity index (χ0) is 16.7. The molecular weight excluding hydrogens is 301 g/mol. The predicted octanol–water partition coefficient (Wildman–Crippen LogP) is -0.0828. The maximum absolute atomic E-state index is 12.0. The average molecular weight is 328 g/mol. The number of rotatable bonds is 11. The Bertz CT molecular complexity index is 369. The minimum absolute atomic E-state index is 0.218. The molecule has 0 saturated carbocycles. The van der Waals surface area contributed by atoms with Crippen molar-refractivity contribution in [3.63, 3.8) is 0 Å². The zero-order valence-corrected chi connectivity index (χ0v) is 14.0. The number of hydrogen-bond acceptors (Lipinski definition) is 6. The average Bonchev–Trinajstić information content (AvgIpc) is 2.33. The van der Waals surface area contributed by atoms with Gasteiger partial charge in [-0.15, -0.1) is 0 Å². The second kappa shape index (κ2) is 8.95. The number of likely N-dealkylation sites (N-methyl/N-ethyl adjacent to an activating group) is 1. The quantitative estimate of drug-likeness (QED) is 0.359. The summed E-state index contributed by atoms with van der Waals surface area (Å²) in [5.74, 6) is -0.272. The fourth-order valence-corrected chi connectivity index (χ4v) is 2.45. The number of quaternary nitrogens is 1. The first-order chi connectivity index (χ1) is 9.50. The number of Topliss-reactive ketones (excluding diaryl/α,β-unsaturated/α-hetero) is 1. The van der Waals surface area contributed by atoms with Gasteiger partial charge in [-0.25, -0.2) is 4.57 Å². The van der Waals surface area contributed by atoms with Crippen molar-refractivity contribution in [2.24, 2.45) is 0 Å². The maximum Gasteiger partial charge on any atom is 0.473 e. The van der Waals surface area contributed by atoms with Crippen molar-refractivity contribution in [2.45, 2.75) is 32.0 Å². The Kier molecular flexibility index (Phi) is 8.80. The summed E-state index contributed by atoms with van der Waals surface area (Å²) in [6.45, 7) is 0.892. The van der Waals surface area contributed by atoms with E-state index in [4.69, 9.17) is 14.7 Å². The Morgan fingerprint density at radius 3 is 2.33 bits per heavy atom. The van der Waals surface area contributed by atoms with Gasteiger partial charge in [-0.2, -0.15) is 0 Å². The van der Waals surface area contributed by atoms with E-state index in [-0.39, 0.29) is 18.7 Å². The first-order valence-electron chi connectivity index (χ1n) is 6.78. The Morgan fingerprint density at radius 1 is 1.33 bits per heavy atom. The molecule has 0 heterocycles. The van der Waals surface area contributed by atoms with Gasteiger partial charge >= 0.3 is 7.82 Å². The van der Waals surface area contributed by atoms with Gasteiger partial charge < -0.3 is 19.6 Å². The zero-order valence-electron chi connectivity index (χ0n) is 13.1. The van der Waals surface area contributed by atoms with Gasteiger partial charge in [0.2, 0.25) is 0 Å². The molecule has 0 spiro atoms. The van der Waals surface area contributed by atoms with Crippen molar-refractivity contribution in [1.82, 2.24) is 0 Å². The highest BCUT2D eigenvalue weighted by Gasteiger charge is 2.34. The third-order valence-electron chi connectivity index (χ3n) is 2.47. The van der Waals surface area contributed by atoms with E-state index in [9.17, 15) is 14.3 Å². The van der Waals surface area contributed by atoms with Gasteiger partial charge in [-0.3, -0.25) is 13.8 Å². The van der Waals surface area contributed by atoms with E-state index < -0.39 is 33.2 Å². The van der Waals surface area contributed by atoms with E-state index in [2.05, 4.69) is 4.52 Å². The summed E-state index contributed by atoms with van der Waals surface area (Å²) in [6.07, 6.45) is -1.50. The van der Waals surface area contributed by atoms with E-state index >= 15 is 0 Å². The summed E-state index contributed by atoms with van der Waals surface area (Å²) in [7, 11) is 1.00. The molecule has 126 valence electrons. The van der Waals surface area contributed by atoms with Crippen molar-refractivity contribution < 1.29 is 38.0 Å². The van der Waals surface area contributed by atoms with Gasteiger partial charge in [0.25, 0.3) is 0 Å². The number of carbonyl (C=O) groups excluding carboxylic acids is 1. The van der Waals surface area contributed by atoms with Crippen LogP contribution in [0.4, 0.5) is 0 Å². The fourth-order valence-electron chi connectivity index (χ4n) is 1.52. The monoisotopic (exact) mass is 328 g/mol. The highest BCUT2D eigenvalue weighted by molar-refractivity contribution is 7.47. The van der Waals surface area contributed by atoms with E-state index in [0.717, 1.165) is 0 Å². The third kappa shape index (κ3) is 10.1. The van der Waals surface area contributed by atoms with Crippen LogP contribution in [0.25, 0.3) is 0 Å². The summed E-state index contributed by atoms with van der Waals surface area (Å²) in [5, 5.41) is 17.7. The van der Waals surface area contributed by atoms with Crippen LogP contribution in [-0.4, -0.2) is 78.5 Å². The molecule has 3 N–H and O–H groups in total. The number of nitrogens with zero attached hydrogens (tertiary/aromatic N) is 1. The lowest BCUT2D eigenvalue weighted by Crippen LogP contribution is -2.45. The Labute approximate surface area is 125 Å². The lowest BCUT2D eigenvalue weighted by molar-refractivity contribution is -0.872. The molecule has 0 aliphatic rings. The lowest BCUT2D eigenvalue weighted by atomic mass is 10.1. The predicted molar refractivity (Wildman–Crippen MR) is 76.6 cm³/mol. The summed E-state index contributed by atoms with van der Waals surface area (Å²) in [4.78, 5) is 21.6. The SMILES string of the molecule is CCCC(=O)C(C[N+](C)(C)C)OP(=O)(O)OC[C@H](O)CO. The van der Waals surface area contributed by atoms with Gasteiger partial charge in [-0.05, 0) is 6.42 Å². The van der Waals surface area contributed by atoms with Gasteiger partial charge in [0.1, 0.15) is 12.6 Å². The van der Waals surface area contributed by atoms with Crippen molar-refractivity contribution in [3.8, 4) is 0 Å². The van der Waals surface area contributed by atoms with Crippen molar-refractivity contribution in [2.75, 3.05) is 40.9 Å². The molecular formula is C12H27NO7P+. The van der Waals surface area contributed by atoms with E-state index in [0.29, 0.717) is 10.9 Å². The molecule has 0 aromatic carbocycles. The van der Waals surface area contributed by atoms with Crippen LogP contribution in [0.2, 0.25) is 0 Å². The van der Waals surface area contributed by atoms with Crippen LogP contribution in [0, 0.1) is 0 Å². The topological polar surface area (TPSA) is 113 Å². The van der Waals surface area contributed by atoms with Crippen molar-refractivity contribution in [1.29, 1.82) is 0 Å². The lowest BCUT2D eigenvalue weighted by Gasteiger charge is -2.29. The van der Waals surface area contributed by atoms with Crippen LogP contribution >= 0.6 is 7.82 Å². The normalized spacial score (nSPS) is 18.0. The van der Waals surface area contributed by atoms with Gasteiger partial charge in [0.05, 0.1) is 34.4 Å². The summed E-state index contributed by atoms with van der Waals surface area (Å²) in [5.41, 5.74) is 0. The first-order valence-corrected chi connectivity index (χ1v) is 8.28. The molecule has 2 unspecified atom stereocenters. The Balaban J connectivity index is 4.77. The van der Waals surface area contributed by atoms with Crippen LogP contribution in [0.15, 0.2) is 0 Å². The van der Waals surface area contributed by atoms with Gasteiger partial charge in [0.15, 0.2) is 11.9 Å². The van der Waals surface area contributed by atoms with Gasteiger partial charge in [-0.1, -0.05) is 6.92 Å². The molecule has 0 rings (SSSR count). The summed E-state index contributed by atoms with van der Waals surface area (Å²) < 4.78 is 21.7. The van der Waals surface area contributed by atoms with Crippen LogP contribution in [0.3, 0.4) is 0 Å². The second-order valence-corrected chi connectivity index (χ2v) is 7.29. The van der Waals surface area contributed by atoms with Crippen LogP contribution in [0.5, 0.6) is 0 Å². The standard InChI is InChI=1S/C12H26NO7P/c1-5-6-11(16)12(7-13(2,3)4)20-21(17,18)19-9-10(15)8-14/h10,12,14-15H,5-9H2,1-4H3/p+1/t10-,12?/m1/s1. The molecule has 21 heavy (non-hydrogen) atoms. The molecule has 0 aliphatic heterocycles. The molecule has 0 aromatic rings. The highest BCUT2D eigenvalue weighted by atomic mass is 31.2. The van der Waals surface area contributed by atoms with E-state index in [1.54, 1.807) is 0 Å². The maximum atomic E-state index is 12.0. The van der Waals surface area contributed by atoms with Crippen LogP contribution in [-0.2, 0) is 18.4 Å². The number of aliphatic hydroxyl groups excluding tert-OH is 2. The fraction of sp³-hybridized carbons (Fsp3) is 0.917. The molecule has 0 amide bonds. The molecule has 8 nitrogen and oxygen atoms in total. The number of hydrogen-bond donors (Lipinski definition) is 3. The molecule has 0 aromatic heterocycles. The molecule has 0 saturated heterocycles. The summed E-state index contributed by atoms with van der Waals surface area (Å²) in [6, 6.07) is 0. The first kappa shape index (κ1) is 20.7. The third-order valence-corrected chi connectivity index (χ3v) is 3.47.